The quantitative estimate of drug-likeness (QED) is 0.659. The molecule has 0 N–H and O–H groups in total. The van der Waals surface area contributed by atoms with Gasteiger partial charge in [-0.05, 0) is 51.0 Å². The average molecular weight is 353 g/mol. The molecule has 3 aromatic rings. The molecule has 1 saturated carbocycles. The van der Waals surface area contributed by atoms with Gasteiger partial charge in [-0.15, -0.1) is 0 Å². The molecular weight excluding hydrogens is 334 g/mol. The summed E-state index contributed by atoms with van der Waals surface area (Å²) in [6, 6.07) is 7.14. The third kappa shape index (κ3) is 2.85. The minimum atomic E-state index is -0.559. The lowest BCUT2D eigenvalue weighted by molar-refractivity contribution is 0.0519. The Labute approximate surface area is 149 Å². The topological polar surface area (TPSA) is 74.8 Å². The lowest BCUT2D eigenvalue weighted by Gasteiger charge is -2.09. The van der Waals surface area contributed by atoms with E-state index >= 15 is 0 Å². The van der Waals surface area contributed by atoms with E-state index in [2.05, 4.69) is 4.98 Å². The number of aryl methyl sites for hydroxylation is 1. The van der Waals surface area contributed by atoms with Crippen molar-refractivity contribution in [2.75, 3.05) is 6.61 Å². The fourth-order valence-electron chi connectivity index (χ4n) is 2.85. The van der Waals surface area contributed by atoms with Crippen molar-refractivity contribution in [3.63, 3.8) is 0 Å². The first-order valence-electron chi connectivity index (χ1n) is 8.62. The van der Waals surface area contributed by atoms with Gasteiger partial charge in [0.1, 0.15) is 11.3 Å². The number of carbonyl (C=O) groups excluding carboxylic acids is 1. The molecule has 134 valence electrons. The van der Waals surface area contributed by atoms with E-state index in [0.717, 1.165) is 18.6 Å². The van der Waals surface area contributed by atoms with Crippen LogP contribution in [0.3, 0.4) is 0 Å². The smallest absolute Gasteiger partial charge is 0.357 e. The maximum absolute atomic E-state index is 12.9. The van der Waals surface area contributed by atoms with Crippen LogP contribution in [0.1, 0.15) is 35.9 Å². The molecule has 2 aromatic heterocycles. The first-order chi connectivity index (χ1) is 12.6. The summed E-state index contributed by atoms with van der Waals surface area (Å²) in [4.78, 5) is 29.7. The van der Waals surface area contributed by atoms with Crippen LogP contribution in [0.25, 0.3) is 11.2 Å². The molecule has 0 aliphatic heterocycles. The fraction of sp³-hybridized carbons (Fsp3) is 0.316. The number of hydrogen-bond donors (Lipinski definition) is 0. The van der Waals surface area contributed by atoms with Crippen LogP contribution >= 0.6 is 0 Å². The molecule has 7 heteroatoms. The Balaban J connectivity index is 1.87. The van der Waals surface area contributed by atoms with E-state index in [-0.39, 0.29) is 18.0 Å². The molecule has 26 heavy (non-hydrogen) atoms. The third-order valence-electron chi connectivity index (χ3n) is 4.22. The molecule has 7 nitrogen and oxygen atoms in total. The number of fused-ring (bicyclic) bond motifs is 1. The summed E-state index contributed by atoms with van der Waals surface area (Å²) in [5, 5.41) is 0. The summed E-state index contributed by atoms with van der Waals surface area (Å²) in [6.07, 6.45) is 5.58. The van der Waals surface area contributed by atoms with Gasteiger partial charge in [-0.2, -0.15) is 0 Å². The summed E-state index contributed by atoms with van der Waals surface area (Å²) in [6.45, 7) is 3.74. The maximum Gasteiger partial charge on any atom is 0.357 e. The summed E-state index contributed by atoms with van der Waals surface area (Å²) >= 11 is 0. The number of aromatic nitrogens is 3. The normalized spacial score (nSPS) is 13.8. The highest BCUT2D eigenvalue weighted by Crippen LogP contribution is 2.27. The molecule has 1 aliphatic carbocycles. The second-order valence-corrected chi connectivity index (χ2v) is 6.28. The molecule has 0 saturated heterocycles. The van der Waals surface area contributed by atoms with Crippen molar-refractivity contribution in [3.8, 4) is 11.4 Å². The lowest BCUT2D eigenvalue weighted by atomic mass is 10.2. The van der Waals surface area contributed by atoms with Crippen LogP contribution in [-0.4, -0.2) is 32.6 Å². The number of rotatable bonds is 5. The highest BCUT2D eigenvalue weighted by Gasteiger charge is 2.25. The van der Waals surface area contributed by atoms with Crippen LogP contribution in [0.15, 0.2) is 41.5 Å². The van der Waals surface area contributed by atoms with E-state index in [1.165, 1.54) is 15.2 Å². The molecule has 2 heterocycles. The van der Waals surface area contributed by atoms with Crippen LogP contribution in [0.4, 0.5) is 0 Å². The Morgan fingerprint density at radius 2 is 2.00 bits per heavy atom. The highest BCUT2D eigenvalue weighted by atomic mass is 16.5. The summed E-state index contributed by atoms with van der Waals surface area (Å²) in [7, 11) is 0. The van der Waals surface area contributed by atoms with Gasteiger partial charge in [-0.25, -0.2) is 9.59 Å². The lowest BCUT2D eigenvalue weighted by Crippen LogP contribution is -2.22. The number of esters is 1. The highest BCUT2D eigenvalue weighted by molar-refractivity contribution is 5.95. The van der Waals surface area contributed by atoms with Crippen molar-refractivity contribution in [2.24, 2.45) is 0 Å². The van der Waals surface area contributed by atoms with Gasteiger partial charge in [-0.1, -0.05) is 0 Å². The standard InChI is InChI=1S/C19H19N3O4/c1-3-25-18(23)17-16-10-20-12(2)11-21(16)19(24)22(17)13-4-6-14(7-5-13)26-15-8-9-15/h4-7,10-11,15H,3,8-9H2,1-2H3. The van der Waals surface area contributed by atoms with Crippen LogP contribution in [0.5, 0.6) is 5.75 Å². The predicted octanol–water partition coefficient (Wildman–Crippen LogP) is 2.51. The molecule has 1 aliphatic rings. The van der Waals surface area contributed by atoms with Crippen molar-refractivity contribution in [1.82, 2.24) is 14.0 Å². The molecule has 0 atom stereocenters. The number of ether oxygens (including phenoxy) is 2. The summed E-state index contributed by atoms with van der Waals surface area (Å²) in [5.74, 6) is 0.194. The van der Waals surface area contributed by atoms with Gasteiger partial charge in [0.05, 0.1) is 30.3 Å². The largest absolute Gasteiger partial charge is 0.490 e. The van der Waals surface area contributed by atoms with E-state index in [0.29, 0.717) is 23.0 Å². The molecule has 0 radical (unpaired) electrons. The number of benzene rings is 1. The van der Waals surface area contributed by atoms with Gasteiger partial charge in [0, 0.05) is 6.20 Å². The molecule has 1 aromatic carbocycles. The molecule has 0 unspecified atom stereocenters. The van der Waals surface area contributed by atoms with Gasteiger partial charge in [-0.3, -0.25) is 14.0 Å². The van der Waals surface area contributed by atoms with Gasteiger partial charge in [0.25, 0.3) is 0 Å². The second-order valence-electron chi connectivity index (χ2n) is 6.28. The zero-order valence-electron chi connectivity index (χ0n) is 14.6. The van der Waals surface area contributed by atoms with E-state index in [1.54, 1.807) is 44.3 Å². The minimum absolute atomic E-state index is 0.167. The molecule has 4 rings (SSSR count). The average Bonchev–Trinajstić information content (AvgIpc) is 3.39. The Morgan fingerprint density at radius 1 is 1.27 bits per heavy atom. The maximum atomic E-state index is 12.9. The molecule has 0 amide bonds. The summed E-state index contributed by atoms with van der Waals surface area (Å²) in [5.41, 5.74) is 1.49. The van der Waals surface area contributed by atoms with Crippen molar-refractivity contribution in [1.29, 1.82) is 0 Å². The van der Waals surface area contributed by atoms with Gasteiger partial charge < -0.3 is 9.47 Å². The van der Waals surface area contributed by atoms with Gasteiger partial charge in [0.15, 0.2) is 5.69 Å². The Kier molecular flexibility index (Phi) is 3.99. The van der Waals surface area contributed by atoms with Gasteiger partial charge in [0.2, 0.25) is 0 Å². The molecule has 1 fully saturated rings. The summed E-state index contributed by atoms with van der Waals surface area (Å²) < 4.78 is 13.7. The fourth-order valence-corrected chi connectivity index (χ4v) is 2.85. The molecule has 0 bridgehead atoms. The van der Waals surface area contributed by atoms with E-state index < -0.39 is 5.97 Å². The Hall–Kier alpha value is -3.09. The monoisotopic (exact) mass is 353 g/mol. The van der Waals surface area contributed by atoms with E-state index in [9.17, 15) is 9.59 Å². The minimum Gasteiger partial charge on any atom is -0.490 e. The second kappa shape index (κ2) is 6.33. The number of imidazole rings is 1. The van der Waals surface area contributed by atoms with Crippen molar-refractivity contribution in [3.05, 3.63) is 58.5 Å². The van der Waals surface area contributed by atoms with Crippen LogP contribution < -0.4 is 10.4 Å². The number of nitrogens with zero attached hydrogens (tertiary/aromatic N) is 3. The SMILES string of the molecule is CCOC(=O)c1c2cnc(C)cn2c(=O)n1-c1ccc(OC2CC2)cc1. The molecule has 0 spiro atoms. The van der Waals surface area contributed by atoms with Crippen molar-refractivity contribution >= 4 is 11.5 Å². The van der Waals surface area contributed by atoms with Crippen molar-refractivity contribution < 1.29 is 14.3 Å². The number of hydrogen-bond acceptors (Lipinski definition) is 5. The third-order valence-corrected chi connectivity index (χ3v) is 4.22. The Bertz CT molecular complexity index is 1030. The van der Waals surface area contributed by atoms with E-state index in [4.69, 9.17) is 9.47 Å². The van der Waals surface area contributed by atoms with Crippen LogP contribution in [0.2, 0.25) is 0 Å². The van der Waals surface area contributed by atoms with Crippen LogP contribution in [0, 0.1) is 6.92 Å². The van der Waals surface area contributed by atoms with E-state index in [1.807, 2.05) is 0 Å². The van der Waals surface area contributed by atoms with Crippen molar-refractivity contribution in [2.45, 2.75) is 32.8 Å². The zero-order valence-corrected chi connectivity index (χ0v) is 14.6. The van der Waals surface area contributed by atoms with Gasteiger partial charge >= 0.3 is 11.7 Å². The Morgan fingerprint density at radius 3 is 2.65 bits per heavy atom. The zero-order chi connectivity index (χ0) is 18.3. The van der Waals surface area contributed by atoms with Crippen LogP contribution in [-0.2, 0) is 4.74 Å². The molecular formula is C19H19N3O4. The first-order valence-corrected chi connectivity index (χ1v) is 8.62. The first kappa shape index (κ1) is 16.4. The predicted molar refractivity (Wildman–Crippen MR) is 95.1 cm³/mol. The number of carbonyl (C=O) groups is 1.